The van der Waals surface area contributed by atoms with Gasteiger partial charge in [0.05, 0.1) is 0 Å². The van der Waals surface area contributed by atoms with Crippen molar-refractivity contribution >= 4 is 23.8 Å². The monoisotopic (exact) mass is 428 g/mol. The van der Waals surface area contributed by atoms with Crippen LogP contribution < -0.4 is 0 Å². The quantitative estimate of drug-likeness (QED) is 0.652. The Bertz CT molecular complexity index is 859. The summed E-state index contributed by atoms with van der Waals surface area (Å²) in [6, 6.07) is 6.74. The van der Waals surface area contributed by atoms with Crippen LogP contribution in [0.4, 0.5) is 4.79 Å². The molecule has 1 saturated carbocycles. The minimum Gasteiger partial charge on any atom is -0.345 e. The van der Waals surface area contributed by atoms with Gasteiger partial charge in [-0.05, 0) is 37.5 Å². The Hall–Kier alpha value is -2.90. The Morgan fingerprint density at radius 3 is 2.19 bits per heavy atom. The molecule has 1 aliphatic heterocycles. The summed E-state index contributed by atoms with van der Waals surface area (Å²) in [6.07, 6.45) is 4.22. The molecule has 1 spiro atoms. The van der Waals surface area contributed by atoms with E-state index in [0.717, 1.165) is 29.7 Å². The fraction of sp³-hybridized carbons (Fsp3) is 0.565. The number of likely N-dealkylation sites (N-methyl/N-ethyl adjacent to an activating group) is 2. The average Bonchev–Trinajstić information content (AvgIpc) is 2.94. The smallest absolute Gasteiger partial charge is 0.327 e. The van der Waals surface area contributed by atoms with Gasteiger partial charge in [0.25, 0.3) is 11.8 Å². The number of benzene rings is 1. The van der Waals surface area contributed by atoms with Crippen LogP contribution in [0.5, 0.6) is 0 Å². The zero-order valence-electron chi connectivity index (χ0n) is 18.9. The molecule has 1 aromatic rings. The van der Waals surface area contributed by atoms with E-state index in [1.54, 1.807) is 43.1 Å². The van der Waals surface area contributed by atoms with Gasteiger partial charge in [-0.1, -0.05) is 31.4 Å². The van der Waals surface area contributed by atoms with Gasteiger partial charge in [-0.15, -0.1) is 0 Å². The second-order valence-electron chi connectivity index (χ2n) is 8.63. The molecule has 168 valence electrons. The van der Waals surface area contributed by atoms with Gasteiger partial charge < -0.3 is 14.7 Å². The lowest BCUT2D eigenvalue weighted by Crippen LogP contribution is -2.49. The van der Waals surface area contributed by atoms with Crippen molar-refractivity contribution in [1.82, 2.24) is 19.6 Å². The van der Waals surface area contributed by atoms with Crippen molar-refractivity contribution in [3.8, 4) is 0 Å². The van der Waals surface area contributed by atoms with Crippen molar-refractivity contribution in [3.63, 3.8) is 0 Å². The van der Waals surface area contributed by atoms with E-state index in [2.05, 4.69) is 0 Å². The van der Waals surface area contributed by atoms with Gasteiger partial charge in [-0.2, -0.15) is 0 Å². The highest BCUT2D eigenvalue weighted by atomic mass is 16.2. The highest BCUT2D eigenvalue weighted by Gasteiger charge is 2.55. The van der Waals surface area contributed by atoms with Gasteiger partial charge in [-0.25, -0.2) is 4.79 Å². The lowest BCUT2D eigenvalue weighted by Gasteiger charge is -2.35. The molecule has 2 fully saturated rings. The van der Waals surface area contributed by atoms with Gasteiger partial charge in [0.2, 0.25) is 5.91 Å². The molecule has 5 amide bonds. The number of urea groups is 1. The van der Waals surface area contributed by atoms with Crippen LogP contribution in [-0.2, 0) is 16.1 Å². The summed E-state index contributed by atoms with van der Waals surface area (Å²) in [5.74, 6) is -0.587. The van der Waals surface area contributed by atoms with Crippen molar-refractivity contribution in [3.05, 3.63) is 35.4 Å². The lowest BCUT2D eigenvalue weighted by molar-refractivity contribution is -0.140. The summed E-state index contributed by atoms with van der Waals surface area (Å²) >= 11 is 0. The predicted molar refractivity (Wildman–Crippen MR) is 116 cm³/mol. The molecule has 0 N–H and O–H groups in total. The fourth-order valence-electron chi connectivity index (χ4n) is 4.51. The molecule has 1 saturated heterocycles. The van der Waals surface area contributed by atoms with Crippen molar-refractivity contribution in [2.24, 2.45) is 0 Å². The first-order chi connectivity index (χ1) is 14.7. The van der Waals surface area contributed by atoms with Gasteiger partial charge in [0.15, 0.2) is 0 Å². The highest BCUT2D eigenvalue weighted by molar-refractivity contribution is 6.09. The second-order valence-corrected chi connectivity index (χ2v) is 8.63. The number of amides is 5. The van der Waals surface area contributed by atoms with Crippen LogP contribution in [0.1, 0.15) is 54.9 Å². The van der Waals surface area contributed by atoms with Crippen LogP contribution in [-0.4, -0.2) is 83.1 Å². The van der Waals surface area contributed by atoms with E-state index in [4.69, 9.17) is 0 Å². The van der Waals surface area contributed by atoms with Gasteiger partial charge >= 0.3 is 6.03 Å². The summed E-state index contributed by atoms with van der Waals surface area (Å²) in [7, 11) is 5.07. The minimum atomic E-state index is -0.776. The molecule has 0 radical (unpaired) electrons. The number of nitrogens with zero attached hydrogens (tertiary/aromatic N) is 4. The van der Waals surface area contributed by atoms with E-state index < -0.39 is 5.54 Å². The molecule has 0 atom stereocenters. The molecule has 0 unspecified atom stereocenters. The molecule has 2 aliphatic rings. The summed E-state index contributed by atoms with van der Waals surface area (Å²) in [5, 5.41) is 0. The standard InChI is InChI=1S/C23H32N4O4/c1-5-26(15-17-9-11-18(12-10-17)20(29)24(2)3)19(28)16-27-21(30)23(25(4)22(27)31)13-7-6-8-14-23/h9-12H,5-8,13-16H2,1-4H3. The molecule has 1 aliphatic carbocycles. The highest BCUT2D eigenvalue weighted by Crippen LogP contribution is 2.39. The van der Waals surface area contributed by atoms with E-state index >= 15 is 0 Å². The molecule has 8 heteroatoms. The van der Waals surface area contributed by atoms with E-state index in [9.17, 15) is 19.2 Å². The van der Waals surface area contributed by atoms with Crippen molar-refractivity contribution in [2.45, 2.75) is 51.1 Å². The van der Waals surface area contributed by atoms with Gasteiger partial charge in [0.1, 0.15) is 12.1 Å². The third-order valence-electron chi connectivity index (χ3n) is 6.49. The molecule has 0 bridgehead atoms. The Balaban J connectivity index is 1.68. The van der Waals surface area contributed by atoms with Crippen LogP contribution in [0.3, 0.4) is 0 Å². The Labute approximate surface area is 183 Å². The third kappa shape index (κ3) is 4.29. The molecule has 1 heterocycles. The third-order valence-corrected chi connectivity index (χ3v) is 6.49. The average molecular weight is 429 g/mol. The molecule has 0 aromatic heterocycles. The van der Waals surface area contributed by atoms with Gasteiger partial charge in [0, 0.05) is 39.8 Å². The summed E-state index contributed by atoms with van der Waals surface area (Å²) < 4.78 is 0. The molecule has 8 nitrogen and oxygen atoms in total. The SMILES string of the molecule is CCN(Cc1ccc(C(=O)N(C)C)cc1)C(=O)CN1C(=O)N(C)C2(CCCCC2)C1=O. The molecular weight excluding hydrogens is 396 g/mol. The van der Waals surface area contributed by atoms with Crippen LogP contribution in [0.15, 0.2) is 24.3 Å². The number of hydrogen-bond acceptors (Lipinski definition) is 4. The largest absolute Gasteiger partial charge is 0.345 e. The zero-order valence-corrected chi connectivity index (χ0v) is 18.9. The van der Waals surface area contributed by atoms with E-state index in [0.29, 0.717) is 31.5 Å². The Morgan fingerprint density at radius 2 is 1.65 bits per heavy atom. The molecule has 1 aromatic carbocycles. The molecular formula is C23H32N4O4. The first-order valence-corrected chi connectivity index (χ1v) is 10.9. The van der Waals surface area contributed by atoms with E-state index in [1.165, 1.54) is 4.90 Å². The summed E-state index contributed by atoms with van der Waals surface area (Å²) in [5.41, 5.74) is 0.684. The Kier molecular flexibility index (Phi) is 6.67. The number of imide groups is 1. The molecule has 3 rings (SSSR count). The first-order valence-electron chi connectivity index (χ1n) is 10.9. The zero-order chi connectivity index (χ0) is 22.8. The normalized spacial score (nSPS) is 17.9. The first kappa shape index (κ1) is 22.8. The second kappa shape index (κ2) is 9.08. The van der Waals surface area contributed by atoms with Crippen molar-refractivity contribution in [1.29, 1.82) is 0 Å². The summed E-state index contributed by atoms with van der Waals surface area (Å²) in [6.45, 7) is 2.43. The van der Waals surface area contributed by atoms with Crippen molar-refractivity contribution < 1.29 is 19.2 Å². The lowest BCUT2D eigenvalue weighted by atomic mass is 9.81. The van der Waals surface area contributed by atoms with Crippen molar-refractivity contribution in [2.75, 3.05) is 34.2 Å². The van der Waals surface area contributed by atoms with Gasteiger partial charge in [-0.3, -0.25) is 19.3 Å². The fourth-order valence-corrected chi connectivity index (χ4v) is 4.51. The summed E-state index contributed by atoms with van der Waals surface area (Å²) in [4.78, 5) is 56.7. The van der Waals surface area contributed by atoms with Crippen LogP contribution in [0.2, 0.25) is 0 Å². The van der Waals surface area contributed by atoms with E-state index in [1.807, 2.05) is 19.1 Å². The van der Waals surface area contributed by atoms with Crippen LogP contribution in [0, 0.1) is 0 Å². The number of rotatable bonds is 6. The minimum absolute atomic E-state index is 0.0817. The van der Waals surface area contributed by atoms with Crippen LogP contribution in [0.25, 0.3) is 0 Å². The maximum Gasteiger partial charge on any atom is 0.327 e. The Morgan fingerprint density at radius 1 is 1.03 bits per heavy atom. The maximum atomic E-state index is 13.1. The predicted octanol–water partition coefficient (Wildman–Crippen LogP) is 2.33. The number of hydrogen-bond donors (Lipinski definition) is 0. The van der Waals surface area contributed by atoms with Crippen LogP contribution >= 0.6 is 0 Å². The number of carbonyl (C=O) groups excluding carboxylic acids is 4. The molecule has 31 heavy (non-hydrogen) atoms. The number of carbonyl (C=O) groups is 4. The van der Waals surface area contributed by atoms with E-state index in [-0.39, 0.29) is 30.3 Å². The maximum absolute atomic E-state index is 13.1. The topological polar surface area (TPSA) is 81.2 Å².